The smallest absolute Gasteiger partial charge is 0.0614 e. The molecule has 0 atom stereocenters. The Hall–Kier alpha value is -0.0800. The summed E-state index contributed by atoms with van der Waals surface area (Å²) in [5.74, 6) is 0.354. The first-order chi connectivity index (χ1) is 2.94. The van der Waals surface area contributed by atoms with Crippen LogP contribution in [0.3, 0.4) is 0 Å². The highest BCUT2D eigenvalue weighted by Gasteiger charge is 2.16. The predicted molar refractivity (Wildman–Crippen MR) is 36.2 cm³/mol. The predicted octanol–water partition coefficient (Wildman–Crippen LogP) is 1.58. The molecule has 0 aromatic heterocycles. The average molecular weight is 119 g/mol. The summed E-state index contributed by atoms with van der Waals surface area (Å²) in [6.07, 6.45) is 0. The lowest BCUT2D eigenvalue weighted by Crippen LogP contribution is -2.25. The van der Waals surface area contributed by atoms with Crippen molar-refractivity contribution in [3.8, 4) is 0 Å². The molecule has 0 aliphatic rings. The van der Waals surface area contributed by atoms with Gasteiger partial charge >= 0.3 is 0 Å². The third kappa shape index (κ3) is 4.09. The van der Waals surface area contributed by atoms with Crippen LogP contribution in [0, 0.1) is 5.92 Å². The van der Waals surface area contributed by atoms with Gasteiger partial charge in [-0.3, -0.25) is 0 Å². The molecule has 2 nitrogen and oxygen atoms in total. The van der Waals surface area contributed by atoms with Crippen molar-refractivity contribution in [1.82, 2.24) is 6.15 Å². The van der Waals surface area contributed by atoms with Gasteiger partial charge in [-0.05, 0) is 19.8 Å². The first-order valence-electron chi connectivity index (χ1n) is 2.67. The van der Waals surface area contributed by atoms with E-state index < -0.39 is 5.60 Å². The maximum absolute atomic E-state index is 9.09. The number of aliphatic hydroxyl groups is 1. The van der Waals surface area contributed by atoms with Gasteiger partial charge in [0.15, 0.2) is 0 Å². The molecule has 0 bridgehead atoms. The van der Waals surface area contributed by atoms with Crippen LogP contribution in [0.2, 0.25) is 0 Å². The lowest BCUT2D eigenvalue weighted by molar-refractivity contribution is 0.0327. The molecule has 4 N–H and O–H groups in total. The van der Waals surface area contributed by atoms with Crippen molar-refractivity contribution in [1.29, 1.82) is 0 Å². The summed E-state index contributed by atoms with van der Waals surface area (Å²) in [7, 11) is 0. The van der Waals surface area contributed by atoms with E-state index in [0.717, 1.165) is 0 Å². The Morgan fingerprint density at radius 2 is 1.38 bits per heavy atom. The molecule has 52 valence electrons. The Morgan fingerprint density at radius 1 is 1.25 bits per heavy atom. The first kappa shape index (κ1) is 10.8. The van der Waals surface area contributed by atoms with E-state index in [4.69, 9.17) is 5.11 Å². The zero-order valence-corrected chi connectivity index (χ0v) is 6.23. The van der Waals surface area contributed by atoms with Gasteiger partial charge in [-0.15, -0.1) is 0 Å². The Bertz CT molecular complexity index is 54.0. The normalized spacial score (nSPS) is 11.2. The minimum atomic E-state index is -0.500. The first-order valence-corrected chi connectivity index (χ1v) is 2.67. The van der Waals surface area contributed by atoms with Gasteiger partial charge in [-0.2, -0.15) is 0 Å². The van der Waals surface area contributed by atoms with E-state index in [1.165, 1.54) is 0 Å². The van der Waals surface area contributed by atoms with Gasteiger partial charge in [0.25, 0.3) is 0 Å². The van der Waals surface area contributed by atoms with Crippen LogP contribution >= 0.6 is 0 Å². The second-order valence-corrected chi connectivity index (χ2v) is 2.81. The topological polar surface area (TPSA) is 55.2 Å². The van der Waals surface area contributed by atoms with E-state index in [-0.39, 0.29) is 6.15 Å². The maximum Gasteiger partial charge on any atom is 0.0614 e. The molecule has 0 aliphatic carbocycles. The van der Waals surface area contributed by atoms with Crippen LogP contribution in [0.25, 0.3) is 0 Å². The summed E-state index contributed by atoms with van der Waals surface area (Å²) < 4.78 is 0. The van der Waals surface area contributed by atoms with Crippen molar-refractivity contribution < 1.29 is 5.11 Å². The van der Waals surface area contributed by atoms with Crippen molar-refractivity contribution >= 4 is 0 Å². The zero-order valence-electron chi connectivity index (χ0n) is 6.23. The molecule has 0 radical (unpaired) electrons. The summed E-state index contributed by atoms with van der Waals surface area (Å²) in [5, 5.41) is 9.09. The van der Waals surface area contributed by atoms with E-state index in [9.17, 15) is 0 Å². The van der Waals surface area contributed by atoms with Crippen LogP contribution in [-0.4, -0.2) is 10.7 Å². The molecule has 0 fully saturated rings. The number of rotatable bonds is 1. The van der Waals surface area contributed by atoms with Crippen molar-refractivity contribution in [2.45, 2.75) is 33.3 Å². The molecule has 0 spiro atoms. The minimum absolute atomic E-state index is 0. The standard InChI is InChI=1S/C6H14O.H3N/c1-5(2)6(3,4)7;/h5,7H,1-4H3;1H3. The molecule has 0 unspecified atom stereocenters. The van der Waals surface area contributed by atoms with Gasteiger partial charge < -0.3 is 11.3 Å². The van der Waals surface area contributed by atoms with Gasteiger partial charge in [0.05, 0.1) is 5.60 Å². The lowest BCUT2D eigenvalue weighted by atomic mass is 9.95. The summed E-state index contributed by atoms with van der Waals surface area (Å²) in [6.45, 7) is 7.63. The molecule has 0 aliphatic heterocycles. The van der Waals surface area contributed by atoms with Crippen LogP contribution in [0.4, 0.5) is 0 Å². The second-order valence-electron chi connectivity index (χ2n) is 2.81. The van der Waals surface area contributed by atoms with Crippen LogP contribution in [-0.2, 0) is 0 Å². The van der Waals surface area contributed by atoms with Gasteiger partial charge in [0, 0.05) is 0 Å². The monoisotopic (exact) mass is 119 g/mol. The summed E-state index contributed by atoms with van der Waals surface area (Å²) in [5.41, 5.74) is -0.500. The fraction of sp³-hybridized carbons (Fsp3) is 1.00. The van der Waals surface area contributed by atoms with E-state index >= 15 is 0 Å². The number of hydrogen-bond donors (Lipinski definition) is 2. The van der Waals surface area contributed by atoms with Crippen molar-refractivity contribution in [3.05, 3.63) is 0 Å². The zero-order chi connectivity index (χ0) is 6.08. The van der Waals surface area contributed by atoms with E-state index in [2.05, 4.69) is 0 Å². The SMILES string of the molecule is CC(C)C(C)(C)O.N. The molecular formula is C6H17NO. The quantitative estimate of drug-likeness (QED) is 0.550. The molecular weight excluding hydrogens is 102 g/mol. The van der Waals surface area contributed by atoms with Crippen LogP contribution in [0.5, 0.6) is 0 Å². The molecule has 0 amide bonds. The molecule has 0 heterocycles. The van der Waals surface area contributed by atoms with Crippen molar-refractivity contribution in [2.75, 3.05) is 0 Å². The third-order valence-electron chi connectivity index (χ3n) is 1.41. The van der Waals surface area contributed by atoms with Crippen LogP contribution in [0.15, 0.2) is 0 Å². The van der Waals surface area contributed by atoms with E-state index in [0.29, 0.717) is 5.92 Å². The molecule has 8 heavy (non-hydrogen) atoms. The average Bonchev–Trinajstić information content (AvgIpc) is 1.31. The Labute approximate surface area is 51.5 Å². The fourth-order valence-corrected chi connectivity index (χ4v) is 0. The number of hydrogen-bond acceptors (Lipinski definition) is 2. The van der Waals surface area contributed by atoms with Crippen molar-refractivity contribution in [3.63, 3.8) is 0 Å². The van der Waals surface area contributed by atoms with E-state index in [1.54, 1.807) is 0 Å². The highest BCUT2D eigenvalue weighted by atomic mass is 16.3. The molecule has 0 aromatic rings. The highest BCUT2D eigenvalue weighted by molar-refractivity contribution is 4.67. The van der Waals surface area contributed by atoms with Crippen LogP contribution < -0.4 is 6.15 Å². The Morgan fingerprint density at radius 3 is 1.38 bits per heavy atom. The Kier molecular flexibility index (Phi) is 4.12. The van der Waals surface area contributed by atoms with Gasteiger partial charge in [0.2, 0.25) is 0 Å². The minimum Gasteiger partial charge on any atom is -0.390 e. The van der Waals surface area contributed by atoms with E-state index in [1.807, 2.05) is 27.7 Å². The molecule has 0 rings (SSSR count). The van der Waals surface area contributed by atoms with Crippen molar-refractivity contribution in [2.24, 2.45) is 5.92 Å². The van der Waals surface area contributed by atoms with Gasteiger partial charge in [-0.1, -0.05) is 13.8 Å². The molecule has 0 saturated heterocycles. The third-order valence-corrected chi connectivity index (χ3v) is 1.41. The Balaban J connectivity index is 0. The summed E-state index contributed by atoms with van der Waals surface area (Å²) >= 11 is 0. The molecule has 2 heteroatoms. The lowest BCUT2D eigenvalue weighted by Gasteiger charge is -2.21. The van der Waals surface area contributed by atoms with Crippen LogP contribution in [0.1, 0.15) is 27.7 Å². The summed E-state index contributed by atoms with van der Waals surface area (Å²) in [4.78, 5) is 0. The fourth-order valence-electron chi connectivity index (χ4n) is 0. The van der Waals surface area contributed by atoms with Gasteiger partial charge in [-0.25, -0.2) is 0 Å². The second kappa shape index (κ2) is 3.05. The molecule has 0 aromatic carbocycles. The molecule has 0 saturated carbocycles. The largest absolute Gasteiger partial charge is 0.390 e. The summed E-state index contributed by atoms with van der Waals surface area (Å²) in [6, 6.07) is 0. The van der Waals surface area contributed by atoms with Gasteiger partial charge in [0.1, 0.15) is 0 Å². The highest BCUT2D eigenvalue weighted by Crippen LogP contribution is 2.12. The maximum atomic E-state index is 9.09.